The molecule has 166 valence electrons. The monoisotopic (exact) mass is 450 g/mol. The number of rotatable bonds is 5. The number of imide groups is 1. The number of hydrogen-bond acceptors (Lipinski definition) is 6. The van der Waals surface area contributed by atoms with Crippen LogP contribution in [0.1, 0.15) is 23.4 Å². The van der Waals surface area contributed by atoms with Gasteiger partial charge in [-0.05, 0) is 42.7 Å². The Morgan fingerprint density at radius 3 is 2.44 bits per heavy atom. The zero-order valence-corrected chi connectivity index (χ0v) is 19.1. The number of likely N-dealkylation sites (N-methyl/N-ethyl adjacent to an activating group) is 1. The first-order chi connectivity index (χ1) is 15.5. The fourth-order valence-electron chi connectivity index (χ4n) is 4.71. The van der Waals surface area contributed by atoms with Crippen molar-refractivity contribution in [3.63, 3.8) is 0 Å². The van der Waals surface area contributed by atoms with E-state index in [0.717, 1.165) is 41.5 Å². The molecular weight excluding hydrogens is 424 g/mol. The van der Waals surface area contributed by atoms with Gasteiger partial charge in [-0.15, -0.1) is 11.3 Å². The second kappa shape index (κ2) is 8.18. The number of aromatic nitrogens is 1. The quantitative estimate of drug-likeness (QED) is 0.554. The van der Waals surface area contributed by atoms with E-state index >= 15 is 0 Å². The number of carbonyl (C=O) groups excluding carboxylic acids is 2. The number of hydrogen-bond donors (Lipinski definition) is 0. The van der Waals surface area contributed by atoms with E-state index in [2.05, 4.69) is 11.0 Å². The predicted octanol–water partition coefficient (Wildman–Crippen LogP) is 3.73. The number of methoxy groups -OCH3 is 1. The van der Waals surface area contributed by atoms with Crippen molar-refractivity contribution in [1.82, 2.24) is 19.7 Å². The highest BCUT2D eigenvalue weighted by Crippen LogP contribution is 2.37. The molecule has 32 heavy (non-hydrogen) atoms. The van der Waals surface area contributed by atoms with E-state index in [1.54, 1.807) is 30.4 Å². The molecular formula is C24H26N4O3S. The molecule has 0 bridgehead atoms. The van der Waals surface area contributed by atoms with Gasteiger partial charge in [0.15, 0.2) is 0 Å². The van der Waals surface area contributed by atoms with Crippen molar-refractivity contribution in [2.75, 3.05) is 27.2 Å². The molecule has 5 rings (SSSR count). The van der Waals surface area contributed by atoms with Crippen LogP contribution in [0, 0.1) is 0 Å². The van der Waals surface area contributed by atoms with Gasteiger partial charge in [-0.25, -0.2) is 9.78 Å². The maximum absolute atomic E-state index is 13.4. The lowest BCUT2D eigenvalue weighted by molar-refractivity contribution is -0.135. The van der Waals surface area contributed by atoms with Crippen molar-refractivity contribution in [2.45, 2.75) is 31.5 Å². The van der Waals surface area contributed by atoms with Gasteiger partial charge in [-0.3, -0.25) is 14.6 Å². The van der Waals surface area contributed by atoms with Gasteiger partial charge in [0, 0.05) is 20.1 Å². The maximum atomic E-state index is 13.4. The van der Waals surface area contributed by atoms with Crippen LogP contribution in [0.15, 0.2) is 48.5 Å². The highest BCUT2D eigenvalue weighted by Gasteiger charge is 2.56. The van der Waals surface area contributed by atoms with Gasteiger partial charge < -0.3 is 9.64 Å². The van der Waals surface area contributed by atoms with Crippen LogP contribution in [-0.4, -0.2) is 64.4 Å². The summed E-state index contributed by atoms with van der Waals surface area (Å²) >= 11 is 1.72. The molecule has 0 radical (unpaired) electrons. The summed E-state index contributed by atoms with van der Waals surface area (Å²) in [5, 5.41) is 1.09. The van der Waals surface area contributed by atoms with Crippen LogP contribution in [0.25, 0.3) is 10.2 Å². The van der Waals surface area contributed by atoms with Crippen LogP contribution in [0.5, 0.6) is 5.75 Å². The molecule has 2 aliphatic heterocycles. The van der Waals surface area contributed by atoms with E-state index in [-0.39, 0.29) is 18.5 Å². The van der Waals surface area contributed by atoms with Gasteiger partial charge in [-0.1, -0.05) is 24.3 Å². The Balaban J connectivity index is 1.26. The first-order valence-electron chi connectivity index (χ1n) is 10.8. The molecule has 2 aliphatic rings. The Labute approximate surface area is 191 Å². The molecule has 3 aromatic rings. The average Bonchev–Trinajstić information content (AvgIpc) is 3.30. The Morgan fingerprint density at radius 1 is 1.03 bits per heavy atom. The lowest BCUT2D eigenvalue weighted by Crippen LogP contribution is -2.55. The summed E-state index contributed by atoms with van der Waals surface area (Å²) in [4.78, 5) is 36.5. The van der Waals surface area contributed by atoms with Gasteiger partial charge in [-0.2, -0.15) is 0 Å². The van der Waals surface area contributed by atoms with E-state index in [1.165, 1.54) is 9.60 Å². The van der Waals surface area contributed by atoms with E-state index in [9.17, 15) is 9.59 Å². The van der Waals surface area contributed by atoms with Crippen LogP contribution in [0.3, 0.4) is 0 Å². The average molecular weight is 451 g/mol. The fraction of sp³-hybridized carbons (Fsp3) is 0.375. The highest BCUT2D eigenvalue weighted by molar-refractivity contribution is 7.18. The van der Waals surface area contributed by atoms with Gasteiger partial charge in [0.2, 0.25) is 0 Å². The molecule has 0 saturated carbocycles. The number of ether oxygens (including phenoxy) is 1. The lowest BCUT2D eigenvalue weighted by atomic mass is 9.86. The molecule has 7 nitrogen and oxygen atoms in total. The Bertz CT molecular complexity index is 1120. The summed E-state index contributed by atoms with van der Waals surface area (Å²) in [6.07, 6.45) is 1.27. The highest BCUT2D eigenvalue weighted by atomic mass is 32.1. The number of urea groups is 1. The van der Waals surface area contributed by atoms with E-state index in [1.807, 2.05) is 42.5 Å². The third-order valence-corrected chi connectivity index (χ3v) is 7.70. The number of amides is 3. The number of carbonyl (C=O) groups is 2. The number of piperidine rings is 1. The summed E-state index contributed by atoms with van der Waals surface area (Å²) in [6, 6.07) is 15.4. The summed E-state index contributed by atoms with van der Waals surface area (Å²) < 4.78 is 6.39. The van der Waals surface area contributed by atoms with Crippen LogP contribution >= 0.6 is 11.3 Å². The molecule has 3 heterocycles. The molecule has 0 aliphatic carbocycles. The van der Waals surface area contributed by atoms with Gasteiger partial charge in [0.25, 0.3) is 5.91 Å². The topological polar surface area (TPSA) is 66.0 Å². The fourth-order valence-corrected chi connectivity index (χ4v) is 5.72. The number of benzene rings is 2. The minimum Gasteiger partial charge on any atom is -0.497 e. The van der Waals surface area contributed by atoms with Gasteiger partial charge in [0.1, 0.15) is 16.3 Å². The Morgan fingerprint density at radius 2 is 1.75 bits per heavy atom. The van der Waals surface area contributed by atoms with Crippen molar-refractivity contribution in [2.24, 2.45) is 0 Å². The minimum absolute atomic E-state index is 0.0829. The first-order valence-corrected chi connectivity index (χ1v) is 11.6. The first kappa shape index (κ1) is 20.9. The molecule has 3 amide bonds. The number of likely N-dealkylation sites (tertiary alicyclic amines) is 1. The lowest BCUT2D eigenvalue weighted by Gasteiger charge is -2.40. The SMILES string of the molecule is COc1ccc(CN2C(=O)N(C)C3(CCN(Cc4nc5ccccc5s4)CC3)C2=O)cc1. The van der Waals surface area contributed by atoms with Crippen LogP contribution in [-0.2, 0) is 17.9 Å². The summed E-state index contributed by atoms with van der Waals surface area (Å²) in [7, 11) is 3.38. The molecule has 8 heteroatoms. The summed E-state index contributed by atoms with van der Waals surface area (Å²) in [6.45, 7) is 2.57. The second-order valence-electron chi connectivity index (χ2n) is 8.46. The number of para-hydroxylation sites is 1. The number of nitrogens with zero attached hydrogens (tertiary/aromatic N) is 4. The molecule has 0 N–H and O–H groups in total. The van der Waals surface area contributed by atoms with Crippen molar-refractivity contribution in [3.8, 4) is 5.75 Å². The largest absolute Gasteiger partial charge is 0.497 e. The number of thiazole rings is 1. The van der Waals surface area contributed by atoms with Crippen molar-refractivity contribution in [1.29, 1.82) is 0 Å². The van der Waals surface area contributed by atoms with Crippen LogP contribution in [0.4, 0.5) is 4.79 Å². The minimum atomic E-state index is -0.742. The molecule has 0 atom stereocenters. The zero-order valence-electron chi connectivity index (χ0n) is 18.3. The van der Waals surface area contributed by atoms with Crippen molar-refractivity contribution >= 4 is 33.5 Å². The van der Waals surface area contributed by atoms with Crippen LogP contribution < -0.4 is 4.74 Å². The molecule has 0 unspecified atom stereocenters. The number of fused-ring (bicyclic) bond motifs is 1. The smallest absolute Gasteiger partial charge is 0.327 e. The molecule has 2 saturated heterocycles. The normalized spacial score (nSPS) is 18.8. The molecule has 2 aromatic carbocycles. The van der Waals surface area contributed by atoms with Gasteiger partial charge in [0.05, 0.1) is 30.4 Å². The third-order valence-electron chi connectivity index (χ3n) is 6.68. The van der Waals surface area contributed by atoms with E-state index in [0.29, 0.717) is 12.8 Å². The van der Waals surface area contributed by atoms with E-state index < -0.39 is 5.54 Å². The standard InChI is InChI=1S/C24H26N4O3S/c1-26-23(30)28(15-17-7-9-18(31-2)10-8-17)22(29)24(26)11-13-27(14-12-24)16-21-25-19-5-3-4-6-20(19)32-21/h3-10H,11-16H2,1-2H3. The summed E-state index contributed by atoms with van der Waals surface area (Å²) in [5.74, 6) is 0.669. The van der Waals surface area contributed by atoms with Crippen molar-refractivity contribution < 1.29 is 14.3 Å². The molecule has 1 spiro atoms. The summed E-state index contributed by atoms with van der Waals surface area (Å²) in [5.41, 5.74) is 1.20. The van der Waals surface area contributed by atoms with Crippen molar-refractivity contribution in [3.05, 3.63) is 59.1 Å². The molecule has 2 fully saturated rings. The second-order valence-corrected chi connectivity index (χ2v) is 9.58. The third kappa shape index (κ3) is 3.53. The Kier molecular flexibility index (Phi) is 5.35. The van der Waals surface area contributed by atoms with Crippen LogP contribution in [0.2, 0.25) is 0 Å². The van der Waals surface area contributed by atoms with E-state index in [4.69, 9.17) is 9.72 Å². The zero-order chi connectivity index (χ0) is 22.3. The Hall–Kier alpha value is -2.97. The molecule has 1 aromatic heterocycles. The predicted molar refractivity (Wildman–Crippen MR) is 124 cm³/mol. The maximum Gasteiger partial charge on any atom is 0.327 e. The van der Waals surface area contributed by atoms with Gasteiger partial charge >= 0.3 is 6.03 Å².